The van der Waals surface area contributed by atoms with Crippen LogP contribution in [0.2, 0.25) is 0 Å². The van der Waals surface area contributed by atoms with E-state index in [1.54, 1.807) is 30.9 Å². The number of carbonyl (C=O) groups excluding carboxylic acids is 2. The van der Waals surface area contributed by atoms with E-state index in [4.69, 9.17) is 4.74 Å². The van der Waals surface area contributed by atoms with E-state index in [0.29, 0.717) is 26.1 Å². The minimum Gasteiger partial charge on any atom is -0.497 e. The van der Waals surface area contributed by atoms with Gasteiger partial charge >= 0.3 is 0 Å². The van der Waals surface area contributed by atoms with Crippen molar-refractivity contribution in [2.45, 2.75) is 26.3 Å². The first-order chi connectivity index (χ1) is 13.0. The first kappa shape index (κ1) is 20.5. The summed E-state index contributed by atoms with van der Waals surface area (Å²) in [6, 6.07) is 17.7. The number of ether oxygens (including phenoxy) is 1. The van der Waals surface area contributed by atoms with Crippen LogP contribution in [0.5, 0.6) is 5.75 Å². The van der Waals surface area contributed by atoms with Crippen LogP contribution in [0.15, 0.2) is 54.6 Å². The van der Waals surface area contributed by atoms with Crippen molar-refractivity contribution < 1.29 is 14.3 Å². The molecule has 5 heteroatoms. The first-order valence-electron chi connectivity index (χ1n) is 9.16. The smallest absolute Gasteiger partial charge is 0.224 e. The third-order valence-electron chi connectivity index (χ3n) is 4.56. The van der Waals surface area contributed by atoms with Crippen LogP contribution >= 0.6 is 0 Å². The molecule has 0 fully saturated rings. The monoisotopic (exact) mass is 368 g/mol. The standard InChI is InChI=1S/C22H28N2O3/c1-18(25)24(15-13-19-9-11-21(27-3)12-10-19)16-14-22(26)23(2)17-20-7-5-4-6-8-20/h4-12H,13-17H2,1-3H3. The highest BCUT2D eigenvalue weighted by molar-refractivity contribution is 5.78. The molecule has 144 valence electrons. The third-order valence-corrected chi connectivity index (χ3v) is 4.56. The predicted molar refractivity (Wildman–Crippen MR) is 106 cm³/mol. The van der Waals surface area contributed by atoms with Crippen LogP contribution < -0.4 is 4.74 Å². The van der Waals surface area contributed by atoms with Crippen molar-refractivity contribution in [3.63, 3.8) is 0 Å². The van der Waals surface area contributed by atoms with E-state index >= 15 is 0 Å². The van der Waals surface area contributed by atoms with Gasteiger partial charge in [-0.3, -0.25) is 9.59 Å². The summed E-state index contributed by atoms with van der Waals surface area (Å²) in [5.74, 6) is 0.839. The minimum atomic E-state index is -0.0120. The molecule has 2 aromatic carbocycles. The molecule has 5 nitrogen and oxygen atoms in total. The van der Waals surface area contributed by atoms with E-state index in [0.717, 1.165) is 23.3 Å². The van der Waals surface area contributed by atoms with Gasteiger partial charge in [-0.15, -0.1) is 0 Å². The molecule has 0 aliphatic carbocycles. The van der Waals surface area contributed by atoms with Crippen LogP contribution in [0, 0.1) is 0 Å². The maximum Gasteiger partial charge on any atom is 0.224 e. The summed E-state index contributed by atoms with van der Waals surface area (Å²) < 4.78 is 5.16. The Labute approximate surface area is 161 Å². The summed E-state index contributed by atoms with van der Waals surface area (Å²) in [6.45, 7) is 3.15. The van der Waals surface area contributed by atoms with Gasteiger partial charge in [0.1, 0.15) is 5.75 Å². The van der Waals surface area contributed by atoms with Crippen LogP contribution in [-0.4, -0.2) is 48.9 Å². The van der Waals surface area contributed by atoms with Gasteiger partial charge in [-0.2, -0.15) is 0 Å². The molecule has 2 amide bonds. The second-order valence-corrected chi connectivity index (χ2v) is 6.59. The lowest BCUT2D eigenvalue weighted by molar-refractivity contribution is -0.133. The van der Waals surface area contributed by atoms with E-state index in [2.05, 4.69) is 0 Å². The van der Waals surface area contributed by atoms with E-state index in [1.165, 1.54) is 0 Å². The molecule has 0 saturated heterocycles. The number of methoxy groups -OCH3 is 1. The van der Waals surface area contributed by atoms with Crippen molar-refractivity contribution >= 4 is 11.8 Å². The summed E-state index contributed by atoms with van der Waals surface area (Å²) in [4.78, 5) is 27.8. The fourth-order valence-electron chi connectivity index (χ4n) is 2.85. The van der Waals surface area contributed by atoms with Gasteiger partial charge < -0.3 is 14.5 Å². The lowest BCUT2D eigenvalue weighted by Gasteiger charge is -2.23. The van der Waals surface area contributed by atoms with E-state index in [9.17, 15) is 9.59 Å². The third kappa shape index (κ3) is 6.77. The summed E-state index contributed by atoms with van der Waals surface area (Å²) in [5.41, 5.74) is 2.23. The zero-order valence-corrected chi connectivity index (χ0v) is 16.4. The van der Waals surface area contributed by atoms with Crippen LogP contribution in [0.25, 0.3) is 0 Å². The number of carbonyl (C=O) groups is 2. The summed E-state index contributed by atoms with van der Waals surface area (Å²) in [7, 11) is 3.43. The second-order valence-electron chi connectivity index (χ2n) is 6.59. The molecular weight excluding hydrogens is 340 g/mol. The number of hydrogen-bond acceptors (Lipinski definition) is 3. The van der Waals surface area contributed by atoms with Crippen LogP contribution in [0.3, 0.4) is 0 Å². The summed E-state index contributed by atoms with van der Waals surface area (Å²) in [6.07, 6.45) is 1.07. The predicted octanol–water partition coefficient (Wildman–Crippen LogP) is 3.13. The second kappa shape index (κ2) is 10.4. The van der Waals surface area contributed by atoms with Gasteiger partial charge in [0.25, 0.3) is 0 Å². The number of nitrogens with zero attached hydrogens (tertiary/aromatic N) is 2. The first-order valence-corrected chi connectivity index (χ1v) is 9.16. The van der Waals surface area contributed by atoms with Crippen LogP contribution in [0.1, 0.15) is 24.5 Å². The molecule has 0 bridgehead atoms. The van der Waals surface area contributed by atoms with Gasteiger partial charge in [-0.25, -0.2) is 0 Å². The lowest BCUT2D eigenvalue weighted by Crippen LogP contribution is -2.35. The molecule has 0 aliphatic rings. The Hall–Kier alpha value is -2.82. The van der Waals surface area contributed by atoms with Crippen molar-refractivity contribution in [3.05, 3.63) is 65.7 Å². The Bertz CT molecular complexity index is 729. The number of hydrogen-bond donors (Lipinski definition) is 0. The van der Waals surface area contributed by atoms with Crippen molar-refractivity contribution in [2.75, 3.05) is 27.2 Å². The Morgan fingerprint density at radius 1 is 0.926 bits per heavy atom. The Kier molecular flexibility index (Phi) is 7.86. The molecule has 0 saturated carbocycles. The summed E-state index contributed by atoms with van der Waals surface area (Å²) >= 11 is 0. The van der Waals surface area contributed by atoms with E-state index in [-0.39, 0.29) is 11.8 Å². The zero-order valence-electron chi connectivity index (χ0n) is 16.4. The molecule has 0 unspecified atom stereocenters. The maximum absolute atomic E-state index is 12.4. The molecule has 0 N–H and O–H groups in total. The van der Waals surface area contributed by atoms with Gasteiger partial charge in [-0.1, -0.05) is 42.5 Å². The Morgan fingerprint density at radius 2 is 1.59 bits per heavy atom. The molecule has 27 heavy (non-hydrogen) atoms. The maximum atomic E-state index is 12.4. The molecular formula is C22H28N2O3. The van der Waals surface area contributed by atoms with Crippen molar-refractivity contribution in [2.24, 2.45) is 0 Å². The Morgan fingerprint density at radius 3 is 2.19 bits per heavy atom. The topological polar surface area (TPSA) is 49.9 Å². The highest BCUT2D eigenvalue weighted by Crippen LogP contribution is 2.12. The van der Waals surface area contributed by atoms with Crippen molar-refractivity contribution in [1.29, 1.82) is 0 Å². The van der Waals surface area contributed by atoms with Crippen LogP contribution in [0.4, 0.5) is 0 Å². The number of amides is 2. The van der Waals surface area contributed by atoms with Crippen LogP contribution in [-0.2, 0) is 22.6 Å². The van der Waals surface area contributed by atoms with Gasteiger partial charge in [0.05, 0.1) is 7.11 Å². The van der Waals surface area contributed by atoms with Crippen molar-refractivity contribution in [3.8, 4) is 5.75 Å². The highest BCUT2D eigenvalue weighted by atomic mass is 16.5. The average Bonchev–Trinajstić information content (AvgIpc) is 2.68. The average molecular weight is 368 g/mol. The van der Waals surface area contributed by atoms with E-state index < -0.39 is 0 Å². The quantitative estimate of drug-likeness (QED) is 0.683. The fraction of sp³-hybridized carbons (Fsp3) is 0.364. The highest BCUT2D eigenvalue weighted by Gasteiger charge is 2.14. The fourth-order valence-corrected chi connectivity index (χ4v) is 2.85. The number of benzene rings is 2. The van der Waals surface area contributed by atoms with Gasteiger partial charge in [0, 0.05) is 40.0 Å². The molecule has 2 aromatic rings. The zero-order chi connectivity index (χ0) is 19.6. The molecule has 2 rings (SSSR count). The van der Waals surface area contributed by atoms with Gasteiger partial charge in [0.2, 0.25) is 11.8 Å². The Balaban J connectivity index is 1.82. The van der Waals surface area contributed by atoms with Gasteiger partial charge in [0.15, 0.2) is 0 Å². The molecule has 0 spiro atoms. The van der Waals surface area contributed by atoms with Crippen molar-refractivity contribution in [1.82, 2.24) is 9.80 Å². The minimum absolute atomic E-state index is 0.0120. The molecule has 0 aliphatic heterocycles. The molecule has 0 aromatic heterocycles. The molecule has 0 atom stereocenters. The lowest BCUT2D eigenvalue weighted by atomic mass is 10.1. The van der Waals surface area contributed by atoms with E-state index in [1.807, 2.05) is 54.6 Å². The largest absolute Gasteiger partial charge is 0.497 e. The normalized spacial score (nSPS) is 10.3. The SMILES string of the molecule is COc1ccc(CCN(CCC(=O)N(C)Cc2ccccc2)C(C)=O)cc1. The summed E-state index contributed by atoms with van der Waals surface area (Å²) in [5, 5.41) is 0. The van der Waals surface area contributed by atoms with Gasteiger partial charge in [-0.05, 0) is 29.7 Å². The number of rotatable bonds is 9. The molecule has 0 radical (unpaired) electrons. The molecule has 0 heterocycles.